The first kappa shape index (κ1) is 48.3. The number of hydrogen-bond donors (Lipinski definition) is 11. The normalized spacial score (nSPS) is 13.9. The van der Waals surface area contributed by atoms with Crippen molar-refractivity contribution >= 4 is 58.8 Å². The fourth-order valence-electron chi connectivity index (χ4n) is 5.56. The van der Waals surface area contributed by atoms with E-state index in [1.54, 1.807) is 24.3 Å². The number of carbonyl (C=O) groups is 8. The molecule has 0 saturated heterocycles. The first-order valence-corrected chi connectivity index (χ1v) is 18.5. The molecule has 22 nitrogen and oxygen atoms in total. The van der Waals surface area contributed by atoms with Crippen molar-refractivity contribution in [1.29, 1.82) is 0 Å². The summed E-state index contributed by atoms with van der Waals surface area (Å²) in [6.45, 7) is 4.36. The van der Waals surface area contributed by atoms with Crippen LogP contribution in [0.1, 0.15) is 64.0 Å². The summed E-state index contributed by atoms with van der Waals surface area (Å²) in [6.07, 6.45) is -1.67. The number of carboxylic acids is 2. The zero-order valence-electron chi connectivity index (χ0n) is 32.7. The van der Waals surface area contributed by atoms with E-state index in [1.807, 2.05) is 13.8 Å². The molecule has 0 unspecified atom stereocenters. The van der Waals surface area contributed by atoms with Crippen LogP contribution in [0, 0.1) is 16.0 Å². The highest BCUT2D eigenvalue weighted by Crippen LogP contribution is 2.27. The Hall–Kier alpha value is -6.84. The summed E-state index contributed by atoms with van der Waals surface area (Å²) in [5, 5.41) is 54.4. The third-order valence-electron chi connectivity index (χ3n) is 9.15. The number of rotatable bonds is 25. The molecule has 0 heterocycles. The molecule has 2 rings (SSSR count). The lowest BCUT2D eigenvalue weighted by molar-refractivity contribution is -0.385. The largest absolute Gasteiger partial charge is 0.502 e. The van der Waals surface area contributed by atoms with Gasteiger partial charge in [0, 0.05) is 37.6 Å². The van der Waals surface area contributed by atoms with Gasteiger partial charge < -0.3 is 58.7 Å². The van der Waals surface area contributed by atoms with E-state index < -0.39 is 126 Å². The number of aliphatic carboxylic acids is 2. The van der Waals surface area contributed by atoms with E-state index in [0.29, 0.717) is 12.1 Å². The van der Waals surface area contributed by atoms with Crippen LogP contribution < -0.4 is 43.4 Å². The van der Waals surface area contributed by atoms with E-state index in [4.69, 9.17) is 16.6 Å². The third kappa shape index (κ3) is 16.3. The monoisotopic (exact) mass is 829 g/mol. The van der Waals surface area contributed by atoms with Gasteiger partial charge >= 0.3 is 17.6 Å². The van der Waals surface area contributed by atoms with Crippen LogP contribution in [0.25, 0.3) is 0 Å². The van der Waals surface area contributed by atoms with Gasteiger partial charge in [-0.15, -0.1) is 0 Å². The smallest absolute Gasteiger partial charge is 0.310 e. The zero-order chi connectivity index (χ0) is 44.4. The summed E-state index contributed by atoms with van der Waals surface area (Å²) < 4.78 is 0. The van der Waals surface area contributed by atoms with Gasteiger partial charge in [-0.05, 0) is 48.9 Å². The number of nitrogen functional groups attached to an aromatic ring is 1. The number of nitro groups is 1. The van der Waals surface area contributed by atoms with Crippen LogP contribution in [0.5, 0.6) is 5.75 Å². The number of benzene rings is 2. The number of hydrogen-bond acceptors (Lipinski definition) is 13. The van der Waals surface area contributed by atoms with Crippen LogP contribution in [-0.4, -0.2) is 104 Å². The van der Waals surface area contributed by atoms with E-state index in [1.165, 1.54) is 13.0 Å². The molecule has 0 spiro atoms. The fraction of sp³-hybridized carbons (Fsp3) is 0.459. The molecule has 0 fully saturated rings. The molecule has 59 heavy (non-hydrogen) atoms. The number of aromatic hydroxyl groups is 1. The zero-order valence-corrected chi connectivity index (χ0v) is 32.7. The summed E-state index contributed by atoms with van der Waals surface area (Å²) in [5.74, 6) is -8.96. The second-order valence-electron chi connectivity index (χ2n) is 13.7. The van der Waals surface area contributed by atoms with Crippen molar-refractivity contribution in [3.63, 3.8) is 0 Å². The number of primary amides is 1. The standard InChI is InChI=1S/C37H51N9O13/c1-4-19(2)32(40-17-22-7-5-6-8-23(22)38)37(57)45-25(11-14-31(51)52)35(55)42-20(3)34(54)41-18-29(48)43-26(15-21-9-12-28(47)27(16-21)46(58)59)36(56)44-24(33(39)53)10-13-30(49)50/h5-9,12,16,19-20,24-26,32,40,47H,4,10-11,13-15,17-18,38H2,1-3H3,(H2,39,53)(H,41,54)(H,42,55)(H,43,48)(H,44,56)(H,45,57)(H,49,50)(H,51,52)/t19-,20-,24-,25-,26-,32-/m0/s1. The number of nitrogens with two attached hydrogens (primary N) is 2. The lowest BCUT2D eigenvalue weighted by Gasteiger charge is -2.27. The lowest BCUT2D eigenvalue weighted by atomic mass is 9.97. The molecule has 322 valence electrons. The highest BCUT2D eigenvalue weighted by molar-refractivity contribution is 5.95. The van der Waals surface area contributed by atoms with Crippen molar-refractivity contribution in [2.75, 3.05) is 12.3 Å². The first-order chi connectivity index (χ1) is 27.7. The fourth-order valence-corrected chi connectivity index (χ4v) is 5.56. The van der Waals surface area contributed by atoms with Gasteiger partial charge in [0.2, 0.25) is 35.4 Å². The molecule has 0 bridgehead atoms. The van der Waals surface area contributed by atoms with E-state index in [-0.39, 0.29) is 24.4 Å². The summed E-state index contributed by atoms with van der Waals surface area (Å²) in [5.41, 5.74) is 11.9. The second kappa shape index (κ2) is 23.4. The number of nitrogens with one attached hydrogen (secondary N) is 6. The van der Waals surface area contributed by atoms with Gasteiger partial charge in [-0.2, -0.15) is 0 Å². The van der Waals surface area contributed by atoms with Crippen molar-refractivity contribution in [3.8, 4) is 5.75 Å². The van der Waals surface area contributed by atoms with Gasteiger partial charge in [0.1, 0.15) is 24.2 Å². The number of carbonyl (C=O) groups excluding carboxylic acids is 6. The molecule has 0 aliphatic rings. The first-order valence-electron chi connectivity index (χ1n) is 18.5. The van der Waals surface area contributed by atoms with E-state index >= 15 is 0 Å². The van der Waals surface area contributed by atoms with Crippen LogP contribution in [0.15, 0.2) is 42.5 Å². The Balaban J connectivity index is 2.16. The Morgan fingerprint density at radius 2 is 1.39 bits per heavy atom. The summed E-state index contributed by atoms with van der Waals surface area (Å²) >= 11 is 0. The van der Waals surface area contributed by atoms with Crippen LogP contribution in [-0.2, 0) is 51.3 Å². The van der Waals surface area contributed by atoms with Gasteiger partial charge in [0.25, 0.3) is 0 Å². The Morgan fingerprint density at radius 1 is 0.797 bits per heavy atom. The minimum atomic E-state index is -1.58. The van der Waals surface area contributed by atoms with E-state index in [9.17, 15) is 58.7 Å². The van der Waals surface area contributed by atoms with Crippen molar-refractivity contribution in [2.24, 2.45) is 11.7 Å². The molecule has 0 radical (unpaired) electrons. The Labute approximate surface area is 338 Å². The summed E-state index contributed by atoms with van der Waals surface area (Å²) in [7, 11) is 0. The van der Waals surface area contributed by atoms with Crippen molar-refractivity contribution in [1.82, 2.24) is 31.9 Å². The predicted octanol–water partition coefficient (Wildman–Crippen LogP) is -1.08. The molecule has 6 atom stereocenters. The lowest BCUT2D eigenvalue weighted by Crippen LogP contribution is -2.57. The van der Waals surface area contributed by atoms with E-state index in [0.717, 1.165) is 17.7 Å². The van der Waals surface area contributed by atoms with Gasteiger partial charge in [0.15, 0.2) is 5.75 Å². The Kier molecular flexibility index (Phi) is 19.2. The maximum atomic E-state index is 13.5. The van der Waals surface area contributed by atoms with Gasteiger partial charge in [-0.25, -0.2) is 0 Å². The molecule has 22 heteroatoms. The van der Waals surface area contributed by atoms with Crippen molar-refractivity contribution in [3.05, 3.63) is 63.7 Å². The summed E-state index contributed by atoms with van der Waals surface area (Å²) in [4.78, 5) is 111. The molecule has 0 aliphatic carbocycles. The number of anilines is 1. The molecule has 0 saturated carbocycles. The average molecular weight is 830 g/mol. The van der Waals surface area contributed by atoms with E-state index in [2.05, 4.69) is 31.9 Å². The molecule has 2 aromatic rings. The number of nitro benzene ring substituents is 1. The van der Waals surface area contributed by atoms with Crippen LogP contribution in [0.3, 0.4) is 0 Å². The SMILES string of the molecule is CC[C@H](C)[C@H](NCc1ccccc1N)C(=O)N[C@@H](CCC(=O)O)C(=O)N[C@@H](C)C(=O)NCC(=O)N[C@@H](Cc1ccc(O)c([N+](=O)[O-])c1)C(=O)N[C@@H](CCC(=O)O)C(N)=O. The molecule has 2 aromatic carbocycles. The number of carboxylic acid groups (broad SMARTS) is 2. The van der Waals surface area contributed by atoms with Crippen LogP contribution >= 0.6 is 0 Å². The Morgan fingerprint density at radius 3 is 1.97 bits per heavy atom. The Bertz CT molecular complexity index is 1880. The molecular formula is C37H51N9O13. The number of nitrogens with zero attached hydrogens (tertiary/aromatic N) is 1. The molecular weight excluding hydrogens is 778 g/mol. The molecule has 6 amide bonds. The number of para-hydroxylation sites is 1. The van der Waals surface area contributed by atoms with Crippen molar-refractivity contribution < 1.29 is 58.6 Å². The van der Waals surface area contributed by atoms with Crippen LogP contribution in [0.2, 0.25) is 0 Å². The number of amides is 6. The quantitative estimate of drug-likeness (QED) is 0.0322. The minimum absolute atomic E-state index is 0.0770. The molecule has 0 aromatic heterocycles. The third-order valence-corrected chi connectivity index (χ3v) is 9.15. The minimum Gasteiger partial charge on any atom is -0.502 e. The highest BCUT2D eigenvalue weighted by atomic mass is 16.6. The maximum Gasteiger partial charge on any atom is 0.310 e. The second-order valence-corrected chi connectivity index (χ2v) is 13.7. The number of phenolic OH excluding ortho intramolecular Hbond substituents is 1. The topological polar surface area (TPSA) is 365 Å². The molecule has 13 N–H and O–H groups in total. The van der Waals surface area contributed by atoms with Gasteiger partial charge in [0.05, 0.1) is 17.5 Å². The van der Waals surface area contributed by atoms with Gasteiger partial charge in [-0.3, -0.25) is 48.5 Å². The van der Waals surface area contributed by atoms with Crippen molar-refractivity contribution in [2.45, 2.75) is 96.1 Å². The van der Waals surface area contributed by atoms with Gasteiger partial charge in [-0.1, -0.05) is 44.5 Å². The predicted molar refractivity (Wildman–Crippen MR) is 209 cm³/mol. The molecule has 0 aliphatic heterocycles. The highest BCUT2D eigenvalue weighted by Gasteiger charge is 2.31. The summed E-state index contributed by atoms with van der Waals surface area (Å²) in [6, 6.07) is 3.58. The van der Waals surface area contributed by atoms with Crippen LogP contribution in [0.4, 0.5) is 11.4 Å². The maximum absolute atomic E-state index is 13.5. The number of phenols is 1. The average Bonchev–Trinajstić information content (AvgIpc) is 3.17.